The first-order valence-electron chi connectivity index (χ1n) is 10.4. The van der Waals surface area contributed by atoms with Crippen LogP contribution >= 0.6 is 0 Å². The number of benzene rings is 1. The van der Waals surface area contributed by atoms with Crippen molar-refractivity contribution in [2.45, 2.75) is 19.4 Å². The summed E-state index contributed by atoms with van der Waals surface area (Å²) < 4.78 is 3.36. The lowest BCUT2D eigenvalue weighted by atomic mass is 10.1. The number of aromatic nitrogens is 4. The highest BCUT2D eigenvalue weighted by molar-refractivity contribution is 5.74. The van der Waals surface area contributed by atoms with Gasteiger partial charge in [0.1, 0.15) is 0 Å². The molecule has 9 heteroatoms. The zero-order valence-corrected chi connectivity index (χ0v) is 17.3. The highest BCUT2D eigenvalue weighted by Gasteiger charge is 2.24. The third-order valence-corrected chi connectivity index (χ3v) is 5.75. The molecule has 0 aliphatic carbocycles. The summed E-state index contributed by atoms with van der Waals surface area (Å²) in [6, 6.07) is 10.3. The minimum absolute atomic E-state index is 0.148. The molecule has 2 aromatic heterocycles. The van der Waals surface area contributed by atoms with Crippen molar-refractivity contribution in [3.63, 3.8) is 0 Å². The van der Waals surface area contributed by atoms with Gasteiger partial charge in [0.15, 0.2) is 11.2 Å². The number of imidazole rings is 1. The van der Waals surface area contributed by atoms with Crippen LogP contribution in [0.1, 0.15) is 12.0 Å². The predicted molar refractivity (Wildman–Crippen MR) is 116 cm³/mol. The molecule has 0 radical (unpaired) electrons. The molecule has 9 nitrogen and oxygen atoms in total. The molecule has 4 rings (SSSR count). The van der Waals surface area contributed by atoms with Crippen LogP contribution in [0.4, 0.5) is 5.95 Å². The fraction of sp³-hybridized carbons (Fsp3) is 0.476. The zero-order chi connectivity index (χ0) is 21.1. The Morgan fingerprint density at radius 3 is 2.50 bits per heavy atom. The van der Waals surface area contributed by atoms with E-state index in [2.05, 4.69) is 26.9 Å². The van der Waals surface area contributed by atoms with E-state index >= 15 is 0 Å². The van der Waals surface area contributed by atoms with Gasteiger partial charge in [-0.1, -0.05) is 30.3 Å². The number of hydrogen-bond acceptors (Lipinski definition) is 6. The first-order chi connectivity index (χ1) is 14.6. The van der Waals surface area contributed by atoms with Crippen molar-refractivity contribution >= 4 is 17.1 Å². The van der Waals surface area contributed by atoms with Crippen LogP contribution < -0.4 is 16.1 Å². The number of aromatic amines is 1. The number of β-amino-alcohol motifs (C(OH)–C–C–N with tert-alkyl or cyclic N) is 1. The number of anilines is 1. The van der Waals surface area contributed by atoms with Gasteiger partial charge >= 0.3 is 5.69 Å². The van der Waals surface area contributed by atoms with E-state index in [9.17, 15) is 14.7 Å². The van der Waals surface area contributed by atoms with E-state index in [-0.39, 0.29) is 6.61 Å². The van der Waals surface area contributed by atoms with Gasteiger partial charge in [-0.25, -0.2) is 4.79 Å². The topological polar surface area (TPSA) is 99.4 Å². The molecule has 1 aliphatic heterocycles. The Hall–Kier alpha value is -2.91. The minimum Gasteiger partial charge on any atom is -0.395 e. The molecule has 1 fully saturated rings. The lowest BCUT2D eigenvalue weighted by Crippen LogP contribution is -2.48. The van der Waals surface area contributed by atoms with Crippen molar-refractivity contribution in [3.8, 4) is 0 Å². The van der Waals surface area contributed by atoms with Gasteiger partial charge in [0.05, 0.1) is 6.61 Å². The van der Waals surface area contributed by atoms with E-state index < -0.39 is 11.2 Å². The summed E-state index contributed by atoms with van der Waals surface area (Å²) in [4.78, 5) is 36.2. The van der Waals surface area contributed by atoms with Crippen molar-refractivity contribution in [2.75, 3.05) is 44.2 Å². The van der Waals surface area contributed by atoms with Crippen LogP contribution in [0.3, 0.4) is 0 Å². The maximum atomic E-state index is 12.7. The highest BCUT2D eigenvalue weighted by Crippen LogP contribution is 2.22. The molecule has 1 aromatic carbocycles. The van der Waals surface area contributed by atoms with Crippen LogP contribution in [-0.4, -0.2) is 68.4 Å². The number of H-pyrrole nitrogens is 1. The van der Waals surface area contributed by atoms with E-state index in [4.69, 9.17) is 4.98 Å². The summed E-state index contributed by atoms with van der Waals surface area (Å²) in [6.45, 7) is 4.61. The standard InChI is InChI=1S/C21H28N6O3/c1-24-18-17(19(29)23-21(24)30)27(9-5-8-16-6-3-2-4-7-16)20(22-18)26-12-10-25(11-13-26)14-15-28/h2-4,6-7,28H,5,8-15H2,1H3,(H,23,29,30). The van der Waals surface area contributed by atoms with E-state index in [1.807, 2.05) is 22.8 Å². The van der Waals surface area contributed by atoms with Crippen LogP contribution in [0.5, 0.6) is 0 Å². The van der Waals surface area contributed by atoms with Gasteiger partial charge in [-0.3, -0.25) is 19.2 Å². The second-order valence-corrected chi connectivity index (χ2v) is 7.70. The number of piperazine rings is 1. The largest absolute Gasteiger partial charge is 0.395 e. The molecule has 1 aliphatic rings. The molecule has 0 unspecified atom stereocenters. The van der Waals surface area contributed by atoms with Gasteiger partial charge in [-0.15, -0.1) is 0 Å². The highest BCUT2D eigenvalue weighted by atomic mass is 16.3. The summed E-state index contributed by atoms with van der Waals surface area (Å²) in [5, 5.41) is 9.18. The molecule has 0 saturated carbocycles. The SMILES string of the molecule is Cn1c(=O)[nH]c(=O)c2c1nc(N1CCN(CCO)CC1)n2CCCc1ccccc1. The predicted octanol–water partition coefficient (Wildman–Crippen LogP) is 0.170. The number of nitrogens with zero attached hydrogens (tertiary/aromatic N) is 5. The van der Waals surface area contributed by atoms with E-state index in [1.165, 1.54) is 10.1 Å². The van der Waals surface area contributed by atoms with Gasteiger partial charge in [0.25, 0.3) is 5.56 Å². The molecule has 0 bridgehead atoms. The maximum absolute atomic E-state index is 12.7. The van der Waals surface area contributed by atoms with Gasteiger partial charge in [0.2, 0.25) is 5.95 Å². The maximum Gasteiger partial charge on any atom is 0.329 e. The molecule has 1 saturated heterocycles. The lowest BCUT2D eigenvalue weighted by Gasteiger charge is -2.35. The second-order valence-electron chi connectivity index (χ2n) is 7.70. The molecular formula is C21H28N6O3. The quantitative estimate of drug-likeness (QED) is 0.574. The van der Waals surface area contributed by atoms with Crippen LogP contribution in [0.2, 0.25) is 0 Å². The number of aliphatic hydroxyl groups excluding tert-OH is 1. The van der Waals surface area contributed by atoms with Gasteiger partial charge < -0.3 is 14.6 Å². The minimum atomic E-state index is -0.458. The zero-order valence-electron chi connectivity index (χ0n) is 17.3. The number of fused-ring (bicyclic) bond motifs is 1. The lowest BCUT2D eigenvalue weighted by molar-refractivity contribution is 0.188. The third kappa shape index (κ3) is 4.03. The van der Waals surface area contributed by atoms with Crippen molar-refractivity contribution in [1.29, 1.82) is 0 Å². The number of aliphatic hydroxyl groups is 1. The molecule has 30 heavy (non-hydrogen) atoms. The van der Waals surface area contributed by atoms with Gasteiger partial charge in [-0.05, 0) is 18.4 Å². The van der Waals surface area contributed by atoms with Crippen molar-refractivity contribution < 1.29 is 5.11 Å². The van der Waals surface area contributed by atoms with E-state index in [1.54, 1.807) is 7.05 Å². The number of nitrogens with one attached hydrogen (secondary N) is 1. The van der Waals surface area contributed by atoms with Crippen molar-refractivity contribution in [1.82, 2.24) is 24.0 Å². The summed E-state index contributed by atoms with van der Waals surface area (Å²) >= 11 is 0. The summed E-state index contributed by atoms with van der Waals surface area (Å²) in [6.07, 6.45) is 1.75. The molecule has 0 amide bonds. The second kappa shape index (κ2) is 8.85. The molecule has 160 valence electrons. The molecule has 0 atom stereocenters. The fourth-order valence-corrected chi connectivity index (χ4v) is 4.08. The van der Waals surface area contributed by atoms with Crippen LogP contribution in [0.15, 0.2) is 39.9 Å². The van der Waals surface area contributed by atoms with Crippen LogP contribution in [-0.2, 0) is 20.0 Å². The Balaban J connectivity index is 1.65. The van der Waals surface area contributed by atoms with Crippen molar-refractivity contribution in [3.05, 3.63) is 56.7 Å². The summed E-state index contributed by atoms with van der Waals surface area (Å²) in [5.74, 6) is 0.730. The third-order valence-electron chi connectivity index (χ3n) is 5.75. The summed E-state index contributed by atoms with van der Waals surface area (Å²) in [5.41, 5.74) is 1.25. The first-order valence-corrected chi connectivity index (χ1v) is 10.4. The smallest absolute Gasteiger partial charge is 0.329 e. The molecule has 0 spiro atoms. The Labute approximate surface area is 174 Å². The Morgan fingerprint density at radius 1 is 1.07 bits per heavy atom. The number of hydrogen-bond donors (Lipinski definition) is 2. The molecule has 3 aromatic rings. The van der Waals surface area contributed by atoms with Crippen LogP contribution in [0.25, 0.3) is 11.2 Å². The number of rotatable bonds is 7. The van der Waals surface area contributed by atoms with Crippen LogP contribution in [0, 0.1) is 0 Å². The Morgan fingerprint density at radius 2 is 1.80 bits per heavy atom. The van der Waals surface area contributed by atoms with Gasteiger partial charge in [0, 0.05) is 46.3 Å². The fourth-order valence-electron chi connectivity index (χ4n) is 4.08. The summed E-state index contributed by atoms with van der Waals surface area (Å²) in [7, 11) is 1.63. The van der Waals surface area contributed by atoms with E-state index in [0.717, 1.165) is 45.0 Å². The molecular weight excluding hydrogens is 384 g/mol. The Bertz CT molecular complexity index is 1110. The van der Waals surface area contributed by atoms with E-state index in [0.29, 0.717) is 24.3 Å². The first kappa shape index (κ1) is 20.4. The average Bonchev–Trinajstić information content (AvgIpc) is 3.14. The average molecular weight is 412 g/mol. The van der Waals surface area contributed by atoms with Gasteiger partial charge in [-0.2, -0.15) is 4.98 Å². The molecule has 2 N–H and O–H groups in total. The Kier molecular flexibility index (Phi) is 6.01. The monoisotopic (exact) mass is 412 g/mol. The number of aryl methyl sites for hydroxylation is 3. The van der Waals surface area contributed by atoms with Crippen molar-refractivity contribution in [2.24, 2.45) is 7.05 Å². The molecule has 3 heterocycles. The normalized spacial score (nSPS) is 15.2.